The van der Waals surface area contributed by atoms with Gasteiger partial charge in [-0.2, -0.15) is 0 Å². The summed E-state index contributed by atoms with van der Waals surface area (Å²) in [5.74, 6) is 3.67. The summed E-state index contributed by atoms with van der Waals surface area (Å²) in [6.07, 6.45) is 18.0. The number of hydrogen-bond acceptors (Lipinski definition) is 2. The maximum Gasteiger partial charge on any atom is 0.124 e. The van der Waals surface area contributed by atoms with Gasteiger partial charge in [0.1, 0.15) is 5.54 Å². The molecule has 1 fully saturated rings. The van der Waals surface area contributed by atoms with Gasteiger partial charge in [0.25, 0.3) is 0 Å². The minimum Gasteiger partial charge on any atom is -0.234 e. The second kappa shape index (κ2) is 6.96. The zero-order valence-corrected chi connectivity index (χ0v) is 12.2. The summed E-state index contributed by atoms with van der Waals surface area (Å²) < 4.78 is 1.93. The minimum atomic E-state index is -0.257. The molecule has 0 unspecified atom stereocenters. The van der Waals surface area contributed by atoms with Gasteiger partial charge in [-0.1, -0.05) is 43.2 Å². The Bertz CT molecular complexity index is 425. The maximum absolute atomic E-state index is 5.84. The van der Waals surface area contributed by atoms with Crippen molar-refractivity contribution < 1.29 is 0 Å². The van der Waals surface area contributed by atoms with Crippen molar-refractivity contribution in [2.24, 2.45) is 0 Å². The molecule has 0 atom stereocenters. The molecule has 1 aliphatic rings. The van der Waals surface area contributed by atoms with Gasteiger partial charge in [-0.15, -0.1) is 23.1 Å². The number of nitrogens with zero attached hydrogens (tertiary/aromatic N) is 3. The van der Waals surface area contributed by atoms with E-state index in [1.165, 1.54) is 32.1 Å². The molecule has 3 nitrogen and oxygen atoms in total. The molecule has 0 aromatic carbocycles. The highest BCUT2D eigenvalue weighted by Crippen LogP contribution is 2.31. The van der Waals surface area contributed by atoms with Gasteiger partial charge < -0.3 is 0 Å². The third kappa shape index (κ3) is 3.51. The Labute approximate surface area is 120 Å². The van der Waals surface area contributed by atoms with Crippen molar-refractivity contribution in [1.29, 1.82) is 0 Å². The Kier molecular flexibility index (Phi) is 5.27. The molecule has 0 amide bonds. The lowest BCUT2D eigenvalue weighted by Crippen LogP contribution is -2.33. The van der Waals surface area contributed by atoms with Crippen LogP contribution in [0.2, 0.25) is 0 Å². The van der Waals surface area contributed by atoms with Crippen molar-refractivity contribution in [2.75, 3.05) is 5.88 Å². The summed E-state index contributed by atoms with van der Waals surface area (Å²) in [5.41, 5.74) is 0.740. The topological polar surface area (TPSA) is 30.7 Å². The summed E-state index contributed by atoms with van der Waals surface area (Å²) in [7, 11) is 0. The first kappa shape index (κ1) is 14.4. The summed E-state index contributed by atoms with van der Waals surface area (Å²) in [6.45, 7) is 0. The van der Waals surface area contributed by atoms with E-state index in [2.05, 4.69) is 16.2 Å². The predicted molar refractivity (Wildman–Crippen MR) is 78.2 cm³/mol. The first-order chi connectivity index (χ1) is 9.30. The van der Waals surface area contributed by atoms with Crippen LogP contribution < -0.4 is 0 Å². The Morgan fingerprint density at radius 2 is 1.95 bits per heavy atom. The van der Waals surface area contributed by atoms with E-state index < -0.39 is 0 Å². The molecular weight excluding hydrogens is 258 g/mol. The molecule has 104 valence electrons. The molecule has 1 aromatic heterocycles. The molecule has 1 aliphatic carbocycles. The van der Waals surface area contributed by atoms with Crippen LogP contribution in [-0.2, 0) is 12.0 Å². The third-order valence-corrected chi connectivity index (χ3v) is 4.26. The first-order valence-electron chi connectivity index (χ1n) is 7.26. The maximum atomic E-state index is 5.84. The van der Waals surface area contributed by atoms with Crippen LogP contribution in [0.5, 0.6) is 0 Å². The van der Waals surface area contributed by atoms with Crippen LogP contribution >= 0.6 is 11.6 Å². The molecular formula is C15H22ClN3. The minimum absolute atomic E-state index is 0.257. The molecule has 1 saturated carbocycles. The highest BCUT2D eigenvalue weighted by Gasteiger charge is 2.31. The van der Waals surface area contributed by atoms with Crippen LogP contribution in [-0.4, -0.2) is 20.9 Å². The Balaban J connectivity index is 2.14. The van der Waals surface area contributed by atoms with E-state index in [0.717, 1.165) is 31.4 Å². The summed E-state index contributed by atoms with van der Waals surface area (Å²) in [6, 6.07) is 0. The van der Waals surface area contributed by atoms with E-state index in [-0.39, 0.29) is 5.54 Å². The van der Waals surface area contributed by atoms with E-state index in [1.54, 1.807) is 0 Å². The number of terminal acetylenes is 1. The van der Waals surface area contributed by atoms with E-state index in [4.69, 9.17) is 18.0 Å². The lowest BCUT2D eigenvalue weighted by atomic mass is 9.84. The van der Waals surface area contributed by atoms with E-state index in [1.807, 2.05) is 10.9 Å². The van der Waals surface area contributed by atoms with Crippen LogP contribution in [0, 0.1) is 12.3 Å². The van der Waals surface area contributed by atoms with Crippen LogP contribution in [0.4, 0.5) is 0 Å². The average molecular weight is 280 g/mol. The van der Waals surface area contributed by atoms with Crippen molar-refractivity contribution >= 4 is 11.6 Å². The highest BCUT2D eigenvalue weighted by atomic mass is 35.5. The molecule has 0 saturated heterocycles. The zero-order valence-electron chi connectivity index (χ0n) is 11.4. The smallest absolute Gasteiger partial charge is 0.124 e. The van der Waals surface area contributed by atoms with Gasteiger partial charge in [0, 0.05) is 5.88 Å². The number of halogens is 1. The monoisotopic (exact) mass is 279 g/mol. The summed E-state index contributed by atoms with van der Waals surface area (Å²) in [5, 5.41) is 8.52. The van der Waals surface area contributed by atoms with Crippen LogP contribution in [0.15, 0.2) is 6.20 Å². The quantitative estimate of drug-likeness (QED) is 0.624. The lowest BCUT2D eigenvalue weighted by molar-refractivity contribution is 0.262. The van der Waals surface area contributed by atoms with E-state index in [0.29, 0.717) is 5.88 Å². The average Bonchev–Trinajstić information content (AvgIpc) is 2.86. The van der Waals surface area contributed by atoms with Crippen molar-refractivity contribution in [3.05, 3.63) is 11.9 Å². The molecule has 0 spiro atoms. The van der Waals surface area contributed by atoms with Gasteiger partial charge in [0.05, 0.1) is 11.9 Å². The summed E-state index contributed by atoms with van der Waals surface area (Å²) >= 11 is 5.71. The SMILES string of the molecule is C#CC1(n2cc(CCCCl)nn2)CCCCCCC1. The van der Waals surface area contributed by atoms with Crippen molar-refractivity contribution in [3.63, 3.8) is 0 Å². The van der Waals surface area contributed by atoms with Gasteiger partial charge in [0.15, 0.2) is 0 Å². The molecule has 1 heterocycles. The lowest BCUT2D eigenvalue weighted by Gasteiger charge is -2.30. The molecule has 2 rings (SSSR count). The standard InChI is InChI=1S/C15H22ClN3/c1-2-15(10-6-4-3-5-7-11-15)19-13-14(17-18-19)9-8-12-16/h1,13H,3-12H2. The molecule has 0 aliphatic heterocycles. The predicted octanol–water partition coefficient (Wildman–Crippen LogP) is 3.52. The molecule has 0 radical (unpaired) electrons. The summed E-state index contributed by atoms with van der Waals surface area (Å²) in [4.78, 5) is 0. The fourth-order valence-corrected chi connectivity index (χ4v) is 2.93. The van der Waals surface area contributed by atoms with Gasteiger partial charge in [-0.05, 0) is 25.7 Å². The molecule has 19 heavy (non-hydrogen) atoms. The van der Waals surface area contributed by atoms with Gasteiger partial charge in [-0.25, -0.2) is 4.68 Å². The van der Waals surface area contributed by atoms with Crippen LogP contribution in [0.25, 0.3) is 0 Å². The molecule has 4 heteroatoms. The van der Waals surface area contributed by atoms with E-state index in [9.17, 15) is 0 Å². The van der Waals surface area contributed by atoms with Gasteiger partial charge in [-0.3, -0.25) is 0 Å². The van der Waals surface area contributed by atoms with Crippen LogP contribution in [0.1, 0.15) is 57.1 Å². The number of hydrogen-bond donors (Lipinski definition) is 0. The molecule has 1 aromatic rings. The largest absolute Gasteiger partial charge is 0.234 e. The fourth-order valence-electron chi connectivity index (χ4n) is 2.80. The Morgan fingerprint density at radius 3 is 2.58 bits per heavy atom. The van der Waals surface area contributed by atoms with Gasteiger partial charge in [0.2, 0.25) is 0 Å². The Hall–Kier alpha value is -1.01. The molecule has 0 bridgehead atoms. The molecule has 0 N–H and O–H groups in total. The van der Waals surface area contributed by atoms with Crippen molar-refractivity contribution in [1.82, 2.24) is 15.0 Å². The zero-order chi connectivity index (χ0) is 13.6. The van der Waals surface area contributed by atoms with E-state index >= 15 is 0 Å². The third-order valence-electron chi connectivity index (χ3n) is 4.00. The second-order valence-electron chi connectivity index (χ2n) is 5.39. The second-order valence-corrected chi connectivity index (χ2v) is 5.77. The van der Waals surface area contributed by atoms with Crippen molar-refractivity contribution in [3.8, 4) is 12.3 Å². The number of aryl methyl sites for hydroxylation is 1. The van der Waals surface area contributed by atoms with Gasteiger partial charge >= 0.3 is 0 Å². The Morgan fingerprint density at radius 1 is 1.26 bits per heavy atom. The fraction of sp³-hybridized carbons (Fsp3) is 0.733. The number of alkyl halides is 1. The number of aromatic nitrogens is 3. The van der Waals surface area contributed by atoms with Crippen LogP contribution in [0.3, 0.4) is 0 Å². The highest BCUT2D eigenvalue weighted by molar-refractivity contribution is 6.17. The van der Waals surface area contributed by atoms with Crippen molar-refractivity contribution in [2.45, 2.75) is 63.3 Å². The number of rotatable bonds is 4. The normalized spacial score (nSPS) is 19.4. The first-order valence-corrected chi connectivity index (χ1v) is 7.80.